The number of anilines is 1. The van der Waals surface area contributed by atoms with E-state index in [2.05, 4.69) is 5.43 Å². The van der Waals surface area contributed by atoms with E-state index in [0.29, 0.717) is 18.0 Å². The molecule has 6 nitrogen and oxygen atoms in total. The number of benzene rings is 1. The molecule has 6 heteroatoms. The van der Waals surface area contributed by atoms with Gasteiger partial charge >= 0.3 is 0 Å². The van der Waals surface area contributed by atoms with Crippen molar-refractivity contribution in [2.45, 2.75) is 13.3 Å². The Labute approximate surface area is 87.2 Å². The van der Waals surface area contributed by atoms with Gasteiger partial charge in [0.2, 0.25) is 0 Å². The van der Waals surface area contributed by atoms with Gasteiger partial charge < -0.3 is 10.2 Å². The molecule has 1 aromatic carbocycles. The molecule has 3 N–H and O–H groups in total. The van der Waals surface area contributed by atoms with Crippen molar-refractivity contribution >= 4 is 11.4 Å². The van der Waals surface area contributed by atoms with Crippen molar-refractivity contribution in [3.05, 3.63) is 28.3 Å². The van der Waals surface area contributed by atoms with Crippen LogP contribution in [0.15, 0.2) is 18.2 Å². The summed E-state index contributed by atoms with van der Waals surface area (Å²) in [4.78, 5) is 10.1. The fourth-order valence-electron chi connectivity index (χ4n) is 1.08. The number of nitrogens with two attached hydrogens (primary N) is 1. The normalized spacial score (nSPS) is 9.73. The minimum Gasteiger partial charge on any atom is -0.493 e. The number of rotatable bonds is 5. The van der Waals surface area contributed by atoms with Crippen LogP contribution < -0.4 is 16.0 Å². The first-order valence-corrected chi connectivity index (χ1v) is 4.56. The molecular weight excluding hydrogens is 198 g/mol. The number of hydrogen-bond donors (Lipinski definition) is 2. The lowest BCUT2D eigenvalue weighted by molar-refractivity contribution is -0.384. The van der Waals surface area contributed by atoms with Crippen molar-refractivity contribution in [2.24, 2.45) is 5.84 Å². The number of nitrogens with zero attached hydrogens (tertiary/aromatic N) is 1. The van der Waals surface area contributed by atoms with Gasteiger partial charge in [-0.15, -0.1) is 0 Å². The smallest absolute Gasteiger partial charge is 0.275 e. The molecule has 0 aromatic heterocycles. The SMILES string of the molecule is CCCOc1cc(NN)cc([N+](=O)[O-])c1. The van der Waals surface area contributed by atoms with Crippen LogP contribution >= 0.6 is 0 Å². The molecule has 1 rings (SSSR count). The van der Waals surface area contributed by atoms with Crippen molar-refractivity contribution < 1.29 is 9.66 Å². The molecule has 0 saturated carbocycles. The van der Waals surface area contributed by atoms with Gasteiger partial charge in [0.25, 0.3) is 5.69 Å². The van der Waals surface area contributed by atoms with E-state index in [4.69, 9.17) is 10.6 Å². The van der Waals surface area contributed by atoms with Crippen molar-refractivity contribution in [1.29, 1.82) is 0 Å². The molecule has 0 heterocycles. The van der Waals surface area contributed by atoms with Crippen LogP contribution in [0.4, 0.5) is 11.4 Å². The van der Waals surface area contributed by atoms with E-state index in [-0.39, 0.29) is 5.69 Å². The first-order chi connectivity index (χ1) is 7.17. The summed E-state index contributed by atoms with van der Waals surface area (Å²) in [6, 6.07) is 4.33. The second kappa shape index (κ2) is 5.16. The number of nitrogens with one attached hydrogen (secondary N) is 1. The lowest BCUT2D eigenvalue weighted by atomic mass is 10.2. The molecule has 0 saturated heterocycles. The minimum atomic E-state index is -0.486. The molecule has 0 spiro atoms. The van der Waals surface area contributed by atoms with Gasteiger partial charge in [-0.05, 0) is 6.42 Å². The molecule has 0 fully saturated rings. The highest BCUT2D eigenvalue weighted by molar-refractivity contribution is 5.55. The third kappa shape index (κ3) is 3.10. The van der Waals surface area contributed by atoms with Crippen LogP contribution in [0, 0.1) is 10.1 Å². The van der Waals surface area contributed by atoms with Crippen LogP contribution in [0.3, 0.4) is 0 Å². The number of nitrogen functional groups attached to an aromatic ring is 1. The van der Waals surface area contributed by atoms with Gasteiger partial charge in [0.1, 0.15) is 5.75 Å². The summed E-state index contributed by atoms with van der Waals surface area (Å²) < 4.78 is 5.29. The largest absolute Gasteiger partial charge is 0.493 e. The summed E-state index contributed by atoms with van der Waals surface area (Å²) in [7, 11) is 0. The van der Waals surface area contributed by atoms with E-state index in [1.165, 1.54) is 12.1 Å². The number of nitro groups is 1. The molecular formula is C9H13N3O3. The lowest BCUT2D eigenvalue weighted by Gasteiger charge is -2.06. The van der Waals surface area contributed by atoms with Crippen LogP contribution in [0.2, 0.25) is 0 Å². The van der Waals surface area contributed by atoms with Crippen molar-refractivity contribution in [1.82, 2.24) is 0 Å². The number of hydrazine groups is 1. The van der Waals surface area contributed by atoms with E-state index in [9.17, 15) is 10.1 Å². The first-order valence-electron chi connectivity index (χ1n) is 4.56. The van der Waals surface area contributed by atoms with E-state index in [1.807, 2.05) is 6.92 Å². The Bertz CT molecular complexity index is 354. The molecule has 0 bridgehead atoms. The molecule has 0 radical (unpaired) electrons. The zero-order valence-corrected chi connectivity index (χ0v) is 8.40. The highest BCUT2D eigenvalue weighted by atomic mass is 16.6. The van der Waals surface area contributed by atoms with Gasteiger partial charge in [0.05, 0.1) is 23.3 Å². The average Bonchev–Trinajstić information content (AvgIpc) is 2.25. The fourth-order valence-corrected chi connectivity index (χ4v) is 1.08. The zero-order chi connectivity index (χ0) is 11.3. The Hall–Kier alpha value is -1.82. The summed E-state index contributed by atoms with van der Waals surface area (Å²) in [6.07, 6.45) is 0.841. The van der Waals surface area contributed by atoms with Crippen molar-refractivity contribution in [3.8, 4) is 5.75 Å². The maximum absolute atomic E-state index is 10.6. The third-order valence-corrected chi connectivity index (χ3v) is 1.74. The second-order valence-corrected chi connectivity index (χ2v) is 2.97. The van der Waals surface area contributed by atoms with Gasteiger partial charge in [-0.25, -0.2) is 0 Å². The highest BCUT2D eigenvalue weighted by Gasteiger charge is 2.09. The quantitative estimate of drug-likeness (QED) is 0.439. The van der Waals surface area contributed by atoms with E-state index >= 15 is 0 Å². The summed E-state index contributed by atoms with van der Waals surface area (Å²) in [5.74, 6) is 5.63. The van der Waals surface area contributed by atoms with E-state index < -0.39 is 4.92 Å². The van der Waals surface area contributed by atoms with Crippen LogP contribution in [0.1, 0.15) is 13.3 Å². The number of ether oxygens (including phenoxy) is 1. The number of nitro benzene ring substituents is 1. The molecule has 0 unspecified atom stereocenters. The number of hydrogen-bond acceptors (Lipinski definition) is 5. The fraction of sp³-hybridized carbons (Fsp3) is 0.333. The highest BCUT2D eigenvalue weighted by Crippen LogP contribution is 2.25. The standard InChI is InChI=1S/C9H13N3O3/c1-2-3-15-9-5-7(11-10)4-8(6-9)12(13)14/h4-6,11H,2-3,10H2,1H3. The number of non-ortho nitro benzene ring substituents is 1. The van der Waals surface area contributed by atoms with Crippen LogP contribution in [-0.2, 0) is 0 Å². The minimum absolute atomic E-state index is 0.0449. The predicted molar refractivity (Wildman–Crippen MR) is 56.7 cm³/mol. The van der Waals surface area contributed by atoms with Gasteiger partial charge in [-0.2, -0.15) is 0 Å². The Morgan fingerprint density at radius 3 is 2.80 bits per heavy atom. The van der Waals surface area contributed by atoms with E-state index in [1.54, 1.807) is 6.07 Å². The summed E-state index contributed by atoms with van der Waals surface area (Å²) in [5.41, 5.74) is 2.76. The molecule has 1 aromatic rings. The second-order valence-electron chi connectivity index (χ2n) is 2.97. The molecule has 0 aliphatic carbocycles. The summed E-state index contributed by atoms with van der Waals surface area (Å²) in [5, 5.41) is 10.6. The van der Waals surface area contributed by atoms with Gasteiger partial charge in [-0.1, -0.05) is 6.92 Å². The maximum atomic E-state index is 10.6. The lowest BCUT2D eigenvalue weighted by Crippen LogP contribution is -2.07. The van der Waals surface area contributed by atoms with Crippen molar-refractivity contribution in [2.75, 3.05) is 12.0 Å². The topological polar surface area (TPSA) is 90.4 Å². The van der Waals surface area contributed by atoms with Crippen LogP contribution in [-0.4, -0.2) is 11.5 Å². The Kier molecular flexibility index (Phi) is 3.87. The van der Waals surface area contributed by atoms with Gasteiger partial charge in [0, 0.05) is 12.1 Å². The molecule has 0 atom stereocenters. The molecule has 0 aliphatic rings. The van der Waals surface area contributed by atoms with E-state index in [0.717, 1.165) is 6.42 Å². The average molecular weight is 211 g/mol. The first kappa shape index (κ1) is 11.3. The monoisotopic (exact) mass is 211 g/mol. The van der Waals surface area contributed by atoms with Gasteiger partial charge in [-0.3, -0.25) is 16.0 Å². The third-order valence-electron chi connectivity index (χ3n) is 1.74. The Morgan fingerprint density at radius 1 is 1.53 bits per heavy atom. The summed E-state index contributed by atoms with van der Waals surface area (Å²) in [6.45, 7) is 2.48. The van der Waals surface area contributed by atoms with Crippen LogP contribution in [0.25, 0.3) is 0 Å². The van der Waals surface area contributed by atoms with Crippen LogP contribution in [0.5, 0.6) is 5.75 Å². The Morgan fingerprint density at radius 2 is 2.27 bits per heavy atom. The summed E-state index contributed by atoms with van der Waals surface area (Å²) >= 11 is 0. The predicted octanol–water partition coefficient (Wildman–Crippen LogP) is 1.67. The molecule has 0 aliphatic heterocycles. The zero-order valence-electron chi connectivity index (χ0n) is 8.40. The molecule has 82 valence electrons. The molecule has 15 heavy (non-hydrogen) atoms. The molecule has 0 amide bonds. The van der Waals surface area contributed by atoms with Gasteiger partial charge in [0.15, 0.2) is 0 Å². The Balaban J connectivity index is 2.95. The van der Waals surface area contributed by atoms with Crippen molar-refractivity contribution in [3.63, 3.8) is 0 Å². The maximum Gasteiger partial charge on any atom is 0.275 e.